The number of alkyl halides is 1. The molecule has 0 bridgehead atoms. The van der Waals surface area contributed by atoms with Gasteiger partial charge in [-0.05, 0) is 0 Å². The highest BCUT2D eigenvalue weighted by Gasteiger charge is 1.95. The van der Waals surface area contributed by atoms with Crippen molar-refractivity contribution in [1.29, 1.82) is 0 Å². The molecular weight excluding hydrogens is 166 g/mol. The maximum Gasteiger partial charge on any atom is 0.349 e. The summed E-state index contributed by atoms with van der Waals surface area (Å²) < 4.78 is 0. The lowest BCUT2D eigenvalue weighted by atomic mass is 10.8. The molecule has 4 nitrogen and oxygen atoms in total. The fraction of sp³-hybridized carbons (Fsp3) is 0.500. The first-order valence-electron chi connectivity index (χ1n) is 1.39. The molecule has 0 aromatic carbocycles. The zero-order valence-electron chi connectivity index (χ0n) is 3.26. The number of carbonyl (C=O) groups excluding carboxylic acids is 1. The van der Waals surface area contributed by atoms with Gasteiger partial charge >= 0.3 is 5.97 Å². The first-order valence-corrected chi connectivity index (χ1v) is 2.52. The Morgan fingerprint density at radius 2 is 2.43 bits per heavy atom. The van der Waals surface area contributed by atoms with E-state index in [1.165, 1.54) is 0 Å². The molecule has 0 aliphatic rings. The molecule has 0 atom stereocenters. The van der Waals surface area contributed by atoms with Crippen LogP contribution in [0.25, 0.3) is 0 Å². The minimum Gasteiger partial charge on any atom is -0.284 e. The smallest absolute Gasteiger partial charge is 0.284 e. The van der Waals surface area contributed by atoms with Crippen LogP contribution < -0.4 is 0 Å². The van der Waals surface area contributed by atoms with Crippen molar-refractivity contribution in [2.24, 2.45) is 5.34 Å². The molecule has 0 radical (unpaired) electrons. The largest absolute Gasteiger partial charge is 0.349 e. The van der Waals surface area contributed by atoms with Gasteiger partial charge in [-0.25, -0.2) is 4.79 Å². The minimum absolute atomic E-state index is 0.00125. The fourth-order valence-electron chi connectivity index (χ4n) is 0.0660. The van der Waals surface area contributed by atoms with Crippen molar-refractivity contribution in [2.45, 2.75) is 0 Å². The Hall–Kier alpha value is -0.450. The Morgan fingerprint density at radius 3 is 2.57 bits per heavy atom. The third-order valence-corrected chi connectivity index (χ3v) is 0.706. The van der Waals surface area contributed by atoms with Crippen molar-refractivity contribution in [2.75, 3.05) is 5.33 Å². The first kappa shape index (κ1) is 6.55. The van der Waals surface area contributed by atoms with E-state index >= 15 is 0 Å². The van der Waals surface area contributed by atoms with E-state index in [2.05, 4.69) is 20.8 Å². The van der Waals surface area contributed by atoms with E-state index < -0.39 is 5.97 Å². The molecule has 0 aliphatic heterocycles. The predicted molar refractivity (Wildman–Crippen MR) is 25.7 cm³/mol. The van der Waals surface area contributed by atoms with E-state index in [1.54, 1.807) is 0 Å². The zero-order chi connectivity index (χ0) is 5.70. The van der Waals surface area contributed by atoms with Gasteiger partial charge in [0.2, 0.25) is 0 Å². The van der Waals surface area contributed by atoms with Crippen LogP contribution in [0.5, 0.6) is 0 Å². The molecule has 0 heterocycles. The van der Waals surface area contributed by atoms with Crippen molar-refractivity contribution < 1.29 is 9.63 Å². The average Bonchev–Trinajstić information content (AvgIpc) is 1.68. The molecular formula is C2H2BrNO3. The van der Waals surface area contributed by atoms with Crippen molar-refractivity contribution in [3.63, 3.8) is 0 Å². The van der Waals surface area contributed by atoms with Gasteiger partial charge in [0, 0.05) is 0 Å². The molecule has 0 saturated carbocycles. The third kappa shape index (κ3) is 3.38. The van der Waals surface area contributed by atoms with Crippen molar-refractivity contribution >= 4 is 21.9 Å². The minimum atomic E-state index is -0.685. The third-order valence-electron chi connectivity index (χ3n) is 0.248. The van der Waals surface area contributed by atoms with Crippen molar-refractivity contribution in [1.82, 2.24) is 0 Å². The first-order chi connectivity index (χ1) is 3.31. The van der Waals surface area contributed by atoms with E-state index in [0.717, 1.165) is 0 Å². The number of hydrogen-bond donors (Lipinski definition) is 0. The number of carbonyl (C=O) groups is 1. The molecule has 0 N–H and O–H groups in total. The van der Waals surface area contributed by atoms with Crippen LogP contribution in [0, 0.1) is 4.91 Å². The van der Waals surface area contributed by atoms with Crippen LogP contribution in [0.2, 0.25) is 0 Å². The van der Waals surface area contributed by atoms with Gasteiger partial charge in [-0.1, -0.05) is 15.9 Å². The van der Waals surface area contributed by atoms with Crippen LogP contribution in [0.3, 0.4) is 0 Å². The summed E-state index contributed by atoms with van der Waals surface area (Å²) in [5, 5.41) is 1.88. The maximum absolute atomic E-state index is 9.85. The second-order valence-corrected chi connectivity index (χ2v) is 1.23. The lowest BCUT2D eigenvalue weighted by Gasteiger charge is -1.80. The number of nitrogens with zero attached hydrogens (tertiary/aromatic N) is 1. The SMILES string of the molecule is O=NOC(=O)CBr. The number of halogens is 1. The van der Waals surface area contributed by atoms with Crippen LogP contribution in [-0.2, 0) is 9.63 Å². The Morgan fingerprint density at radius 1 is 1.86 bits per heavy atom. The standard InChI is InChI=1S/C2H2BrNO3/c3-1-2(5)7-4-6/h1H2. The van der Waals surface area contributed by atoms with Gasteiger partial charge in [0.05, 0.1) is 0 Å². The molecule has 7 heavy (non-hydrogen) atoms. The molecule has 0 saturated heterocycles. The number of hydrogen-bond acceptors (Lipinski definition) is 4. The summed E-state index contributed by atoms with van der Waals surface area (Å²) in [5.74, 6) is -0.685. The average molecular weight is 168 g/mol. The second kappa shape index (κ2) is 3.73. The molecule has 0 unspecified atom stereocenters. The summed E-state index contributed by atoms with van der Waals surface area (Å²) >= 11 is 2.74. The van der Waals surface area contributed by atoms with Gasteiger partial charge in [0.1, 0.15) is 5.33 Å². The molecule has 0 rings (SSSR count). The Labute approximate surface area is 47.9 Å². The lowest BCUT2D eigenvalue weighted by Crippen LogP contribution is -1.98. The monoisotopic (exact) mass is 167 g/mol. The van der Waals surface area contributed by atoms with Crippen molar-refractivity contribution in [3.05, 3.63) is 4.91 Å². The van der Waals surface area contributed by atoms with Crippen molar-refractivity contribution in [3.8, 4) is 0 Å². The van der Waals surface area contributed by atoms with Crippen LogP contribution in [-0.4, -0.2) is 11.3 Å². The summed E-state index contributed by atoms with van der Waals surface area (Å²) in [5.41, 5.74) is 0. The van der Waals surface area contributed by atoms with E-state index in [9.17, 15) is 4.79 Å². The molecule has 40 valence electrons. The molecule has 0 aromatic rings. The van der Waals surface area contributed by atoms with Crippen LogP contribution in [0.15, 0.2) is 5.34 Å². The van der Waals surface area contributed by atoms with Gasteiger partial charge in [0.15, 0.2) is 5.34 Å². The Bertz CT molecular complexity index is 83.0. The highest BCUT2D eigenvalue weighted by molar-refractivity contribution is 9.09. The topological polar surface area (TPSA) is 55.7 Å². The molecule has 0 spiro atoms. The summed E-state index contributed by atoms with van der Waals surface area (Å²) in [4.78, 5) is 22.5. The number of rotatable bonds is 2. The van der Waals surface area contributed by atoms with Gasteiger partial charge < -0.3 is 0 Å². The highest BCUT2D eigenvalue weighted by Crippen LogP contribution is 1.83. The predicted octanol–water partition coefficient (Wildman–Crippen LogP) is 0.606. The van der Waals surface area contributed by atoms with Gasteiger partial charge in [-0.3, -0.25) is 4.84 Å². The normalized spacial score (nSPS) is 7.57. The summed E-state index contributed by atoms with van der Waals surface area (Å²) in [6, 6.07) is 0. The van der Waals surface area contributed by atoms with E-state index in [1.807, 2.05) is 5.34 Å². The van der Waals surface area contributed by atoms with Crippen LogP contribution >= 0.6 is 15.9 Å². The summed E-state index contributed by atoms with van der Waals surface area (Å²) in [7, 11) is 0. The maximum atomic E-state index is 9.85. The van der Waals surface area contributed by atoms with E-state index in [4.69, 9.17) is 4.91 Å². The zero-order valence-corrected chi connectivity index (χ0v) is 4.84. The van der Waals surface area contributed by atoms with Gasteiger partial charge in [-0.2, -0.15) is 0 Å². The van der Waals surface area contributed by atoms with E-state index in [-0.39, 0.29) is 5.33 Å². The second-order valence-electron chi connectivity index (χ2n) is 0.671. The Balaban J connectivity index is 3.17. The van der Waals surface area contributed by atoms with Crippen LogP contribution in [0.1, 0.15) is 0 Å². The summed E-state index contributed by atoms with van der Waals surface area (Å²) in [6.07, 6.45) is 0. The quantitative estimate of drug-likeness (QED) is 0.344. The molecule has 0 aliphatic carbocycles. The lowest BCUT2D eigenvalue weighted by molar-refractivity contribution is -0.140. The van der Waals surface area contributed by atoms with Crippen LogP contribution in [0.4, 0.5) is 0 Å². The molecule has 0 fully saturated rings. The van der Waals surface area contributed by atoms with Gasteiger partial charge in [-0.15, -0.1) is 4.91 Å². The van der Waals surface area contributed by atoms with Gasteiger partial charge in [0.25, 0.3) is 0 Å². The Kier molecular flexibility index (Phi) is 3.49. The summed E-state index contributed by atoms with van der Waals surface area (Å²) in [6.45, 7) is 0. The highest BCUT2D eigenvalue weighted by atomic mass is 79.9. The van der Waals surface area contributed by atoms with E-state index in [0.29, 0.717) is 0 Å². The molecule has 0 aromatic heterocycles. The molecule has 0 amide bonds. The fourth-order valence-corrected chi connectivity index (χ4v) is 0.168. The molecule has 5 heteroatoms.